The molecule has 1 saturated heterocycles. The maximum absolute atomic E-state index is 11.3. The largest absolute Gasteiger partial charge is 0.491 e. The summed E-state index contributed by atoms with van der Waals surface area (Å²) in [5.74, 6) is 0.718. The van der Waals surface area contributed by atoms with Crippen molar-refractivity contribution >= 4 is 11.7 Å². The molecule has 19 heavy (non-hydrogen) atoms. The molecule has 1 fully saturated rings. The molecule has 104 valence electrons. The van der Waals surface area contributed by atoms with Gasteiger partial charge in [0.25, 0.3) is 0 Å². The van der Waals surface area contributed by atoms with Crippen molar-refractivity contribution in [2.45, 2.75) is 12.8 Å². The third-order valence-corrected chi connectivity index (χ3v) is 3.25. The molecule has 0 atom stereocenters. The van der Waals surface area contributed by atoms with Crippen LogP contribution < -0.4 is 10.5 Å². The van der Waals surface area contributed by atoms with Crippen LogP contribution in [0.25, 0.3) is 0 Å². The number of nitrogens with two attached hydrogens (primary N) is 1. The van der Waals surface area contributed by atoms with Gasteiger partial charge in [-0.25, -0.2) is 4.79 Å². The van der Waals surface area contributed by atoms with Crippen molar-refractivity contribution in [3.05, 3.63) is 23.8 Å². The third-order valence-electron chi connectivity index (χ3n) is 3.25. The number of nitrogen functional groups attached to an aromatic ring is 1. The Bertz CT molecular complexity index is 441. The molecule has 1 aromatic carbocycles. The first-order valence-electron chi connectivity index (χ1n) is 6.39. The van der Waals surface area contributed by atoms with Crippen LogP contribution in [0.1, 0.15) is 23.2 Å². The van der Waals surface area contributed by atoms with Crippen molar-refractivity contribution < 1.29 is 19.0 Å². The lowest BCUT2D eigenvalue weighted by Crippen LogP contribution is -2.21. The number of methoxy groups -OCH3 is 1. The number of carbonyl (C=O) groups excluding carboxylic acids is 1. The fourth-order valence-electron chi connectivity index (χ4n) is 2.05. The maximum Gasteiger partial charge on any atom is 0.337 e. The minimum Gasteiger partial charge on any atom is -0.491 e. The molecule has 1 aliphatic heterocycles. The van der Waals surface area contributed by atoms with Crippen molar-refractivity contribution in [3.8, 4) is 5.75 Å². The number of esters is 1. The van der Waals surface area contributed by atoms with Crippen LogP contribution in [-0.2, 0) is 9.47 Å². The van der Waals surface area contributed by atoms with Crippen LogP contribution >= 0.6 is 0 Å². The fraction of sp³-hybridized carbons (Fsp3) is 0.500. The van der Waals surface area contributed by atoms with Crippen molar-refractivity contribution in [3.63, 3.8) is 0 Å². The molecule has 1 heterocycles. The van der Waals surface area contributed by atoms with E-state index in [1.165, 1.54) is 7.11 Å². The van der Waals surface area contributed by atoms with Crippen LogP contribution in [0.2, 0.25) is 0 Å². The summed E-state index contributed by atoms with van der Waals surface area (Å²) >= 11 is 0. The number of anilines is 1. The van der Waals surface area contributed by atoms with E-state index in [9.17, 15) is 4.79 Å². The first kappa shape index (κ1) is 13.7. The van der Waals surface area contributed by atoms with Gasteiger partial charge in [0.15, 0.2) is 0 Å². The smallest absolute Gasteiger partial charge is 0.337 e. The van der Waals surface area contributed by atoms with Gasteiger partial charge in [-0.1, -0.05) is 0 Å². The van der Waals surface area contributed by atoms with E-state index in [0.29, 0.717) is 29.5 Å². The normalized spacial score (nSPS) is 16.1. The van der Waals surface area contributed by atoms with Gasteiger partial charge in [-0.15, -0.1) is 0 Å². The monoisotopic (exact) mass is 265 g/mol. The predicted molar refractivity (Wildman–Crippen MR) is 71.2 cm³/mol. The average Bonchev–Trinajstić information content (AvgIpc) is 2.46. The van der Waals surface area contributed by atoms with Crippen LogP contribution in [0.4, 0.5) is 5.69 Å². The molecule has 0 saturated carbocycles. The quantitative estimate of drug-likeness (QED) is 0.664. The minimum atomic E-state index is -0.400. The molecule has 0 amide bonds. The molecule has 0 unspecified atom stereocenters. The summed E-state index contributed by atoms with van der Waals surface area (Å²) in [6.07, 6.45) is 2.03. The molecule has 0 aliphatic carbocycles. The highest BCUT2D eigenvalue weighted by atomic mass is 16.5. The van der Waals surface area contributed by atoms with Gasteiger partial charge in [-0.05, 0) is 37.0 Å². The molecule has 5 heteroatoms. The summed E-state index contributed by atoms with van der Waals surface area (Å²) in [5, 5.41) is 0. The minimum absolute atomic E-state index is 0.400. The Balaban J connectivity index is 1.95. The Labute approximate surface area is 112 Å². The van der Waals surface area contributed by atoms with Crippen LogP contribution in [0.15, 0.2) is 18.2 Å². The zero-order valence-corrected chi connectivity index (χ0v) is 11.1. The van der Waals surface area contributed by atoms with Gasteiger partial charge in [-0.2, -0.15) is 0 Å². The summed E-state index contributed by atoms with van der Waals surface area (Å²) in [5.41, 5.74) is 6.75. The van der Waals surface area contributed by atoms with E-state index < -0.39 is 5.97 Å². The highest BCUT2D eigenvalue weighted by molar-refractivity contribution is 5.90. The van der Waals surface area contributed by atoms with Gasteiger partial charge in [0, 0.05) is 13.2 Å². The van der Waals surface area contributed by atoms with E-state index >= 15 is 0 Å². The number of rotatable bonds is 4. The molecule has 0 spiro atoms. The van der Waals surface area contributed by atoms with E-state index in [0.717, 1.165) is 26.1 Å². The molecule has 0 aromatic heterocycles. The second-order valence-corrected chi connectivity index (χ2v) is 4.61. The maximum atomic E-state index is 11.3. The molecular weight excluding hydrogens is 246 g/mol. The highest BCUT2D eigenvalue weighted by Gasteiger charge is 2.15. The first-order valence-corrected chi connectivity index (χ1v) is 6.39. The van der Waals surface area contributed by atoms with Gasteiger partial charge >= 0.3 is 5.97 Å². The van der Waals surface area contributed by atoms with E-state index in [-0.39, 0.29) is 0 Å². The summed E-state index contributed by atoms with van der Waals surface area (Å²) < 4.78 is 15.6. The molecule has 0 bridgehead atoms. The molecule has 2 rings (SSSR count). The van der Waals surface area contributed by atoms with Gasteiger partial charge in [0.2, 0.25) is 0 Å². The Kier molecular flexibility index (Phi) is 4.63. The molecule has 0 radical (unpaired) electrons. The van der Waals surface area contributed by atoms with E-state index in [1.807, 2.05) is 0 Å². The van der Waals surface area contributed by atoms with Crippen LogP contribution in [0.3, 0.4) is 0 Å². The van der Waals surface area contributed by atoms with Crippen molar-refractivity contribution in [1.29, 1.82) is 0 Å². The Morgan fingerprint density at radius 1 is 1.42 bits per heavy atom. The lowest BCUT2D eigenvalue weighted by Gasteiger charge is -2.22. The zero-order chi connectivity index (χ0) is 13.7. The molecule has 1 aliphatic rings. The second kappa shape index (κ2) is 6.43. The number of hydrogen-bond donors (Lipinski definition) is 1. The Hall–Kier alpha value is -1.75. The highest BCUT2D eigenvalue weighted by Crippen LogP contribution is 2.25. The summed E-state index contributed by atoms with van der Waals surface area (Å²) in [6, 6.07) is 4.94. The SMILES string of the molecule is COC(=O)c1ccc(OCC2CCOCC2)c(N)c1. The first-order chi connectivity index (χ1) is 9.20. The third kappa shape index (κ3) is 3.61. The van der Waals surface area contributed by atoms with E-state index in [2.05, 4.69) is 4.74 Å². The number of hydrogen-bond acceptors (Lipinski definition) is 5. The fourth-order valence-corrected chi connectivity index (χ4v) is 2.05. The number of benzene rings is 1. The molecule has 2 N–H and O–H groups in total. The van der Waals surface area contributed by atoms with Gasteiger partial charge in [0.05, 0.1) is 25.0 Å². The van der Waals surface area contributed by atoms with Crippen molar-refractivity contribution in [2.75, 3.05) is 32.7 Å². The molecule has 5 nitrogen and oxygen atoms in total. The summed E-state index contributed by atoms with van der Waals surface area (Å²) in [6.45, 7) is 2.22. The Morgan fingerprint density at radius 3 is 2.79 bits per heavy atom. The number of ether oxygens (including phenoxy) is 3. The van der Waals surface area contributed by atoms with Crippen LogP contribution in [0, 0.1) is 5.92 Å². The Morgan fingerprint density at radius 2 is 2.16 bits per heavy atom. The summed E-state index contributed by atoms with van der Waals surface area (Å²) in [4.78, 5) is 11.3. The van der Waals surface area contributed by atoms with Crippen molar-refractivity contribution in [2.24, 2.45) is 5.92 Å². The lowest BCUT2D eigenvalue weighted by atomic mass is 10.0. The molecule has 1 aromatic rings. The zero-order valence-electron chi connectivity index (χ0n) is 11.1. The summed E-state index contributed by atoms with van der Waals surface area (Å²) in [7, 11) is 1.34. The predicted octanol–water partition coefficient (Wildman–Crippen LogP) is 1.86. The topological polar surface area (TPSA) is 70.8 Å². The number of carbonyl (C=O) groups is 1. The average molecular weight is 265 g/mol. The second-order valence-electron chi connectivity index (χ2n) is 4.61. The lowest BCUT2D eigenvalue weighted by molar-refractivity contribution is 0.0498. The van der Waals surface area contributed by atoms with Crippen LogP contribution in [0.5, 0.6) is 5.75 Å². The van der Waals surface area contributed by atoms with E-state index in [4.69, 9.17) is 15.2 Å². The van der Waals surface area contributed by atoms with Gasteiger partial charge in [0.1, 0.15) is 5.75 Å². The molecular formula is C14H19NO4. The van der Waals surface area contributed by atoms with Crippen LogP contribution in [-0.4, -0.2) is 32.9 Å². The van der Waals surface area contributed by atoms with Gasteiger partial charge < -0.3 is 19.9 Å². The van der Waals surface area contributed by atoms with Crippen molar-refractivity contribution in [1.82, 2.24) is 0 Å². The van der Waals surface area contributed by atoms with E-state index in [1.54, 1.807) is 18.2 Å². The van der Waals surface area contributed by atoms with Gasteiger partial charge in [-0.3, -0.25) is 0 Å². The standard InChI is InChI=1S/C14H19NO4/c1-17-14(16)11-2-3-13(12(15)8-11)19-9-10-4-6-18-7-5-10/h2-3,8,10H,4-7,9,15H2,1H3.